The Morgan fingerprint density at radius 1 is 0.442 bits per heavy atom. The minimum Gasteiger partial charge on any atom is -0.236 e. The molecule has 1 aliphatic rings. The summed E-state index contributed by atoms with van der Waals surface area (Å²) < 4.78 is 0. The number of hydrogen-bond acceptors (Lipinski definition) is 5. The molecule has 2 aromatic heterocycles. The van der Waals surface area contributed by atoms with E-state index in [9.17, 15) is 0 Å². The van der Waals surface area contributed by atoms with Crippen LogP contribution in [0.3, 0.4) is 0 Å². The average Bonchev–Trinajstić information content (AvgIpc) is 3.30. The Morgan fingerprint density at radius 3 is 1.60 bits per heavy atom. The third-order valence-corrected chi connectivity index (χ3v) is 8.33. The summed E-state index contributed by atoms with van der Waals surface area (Å²) in [5.41, 5.74) is 8.32. The summed E-state index contributed by atoms with van der Waals surface area (Å²) in [5, 5.41) is 2.20. The number of benzene rings is 5. The van der Waals surface area contributed by atoms with Crippen LogP contribution >= 0.6 is 0 Å². The predicted octanol–water partition coefficient (Wildman–Crippen LogP) is 8.79. The summed E-state index contributed by atoms with van der Waals surface area (Å²) in [6.45, 7) is 4.48. The molecule has 0 aliphatic heterocycles. The third-order valence-electron chi connectivity index (χ3n) is 8.33. The molecule has 0 radical (unpaired) electrons. The highest BCUT2D eigenvalue weighted by molar-refractivity contribution is 5.90. The van der Waals surface area contributed by atoms with Crippen LogP contribution in [-0.4, -0.2) is 24.9 Å². The van der Waals surface area contributed by atoms with E-state index in [0.29, 0.717) is 17.5 Å². The van der Waals surface area contributed by atoms with Crippen molar-refractivity contribution in [3.8, 4) is 56.7 Å². The fraction of sp³-hybridized carbons (Fsp3) is 0.0789. The van der Waals surface area contributed by atoms with E-state index in [-0.39, 0.29) is 5.41 Å². The van der Waals surface area contributed by atoms with Gasteiger partial charge < -0.3 is 0 Å². The molecule has 2 heterocycles. The van der Waals surface area contributed by atoms with E-state index in [1.807, 2.05) is 66.9 Å². The van der Waals surface area contributed by atoms with E-state index < -0.39 is 0 Å². The molecule has 0 spiro atoms. The molecule has 43 heavy (non-hydrogen) atoms. The monoisotopic (exact) mass is 553 g/mol. The Labute approximate surface area is 250 Å². The van der Waals surface area contributed by atoms with Gasteiger partial charge in [0.25, 0.3) is 0 Å². The number of hydrogen-bond donors (Lipinski definition) is 0. The summed E-state index contributed by atoms with van der Waals surface area (Å²) in [6, 6.07) is 41.3. The minimum atomic E-state index is -0.181. The Balaban J connectivity index is 1.23. The van der Waals surface area contributed by atoms with Gasteiger partial charge in [-0.2, -0.15) is 0 Å². The van der Waals surface area contributed by atoms with Gasteiger partial charge in [0.2, 0.25) is 0 Å². The van der Waals surface area contributed by atoms with Gasteiger partial charge >= 0.3 is 0 Å². The van der Waals surface area contributed by atoms with Gasteiger partial charge in [0.1, 0.15) is 0 Å². The van der Waals surface area contributed by atoms with Crippen LogP contribution in [0.4, 0.5) is 0 Å². The van der Waals surface area contributed by atoms with Crippen LogP contribution in [0.25, 0.3) is 67.5 Å². The molecular formula is C38H27N5. The summed E-state index contributed by atoms with van der Waals surface area (Å²) in [6.07, 6.45) is 1.98. The highest BCUT2D eigenvalue weighted by atomic mass is 15.0. The minimum absolute atomic E-state index is 0.181. The SMILES string of the molecule is CC1(C)c2ccccc2-c2cnc(-c3ccc4ccc(-c5nc(-c6ccccc6)nc(-c6ccccc6)n5)cc4c3)nc21. The van der Waals surface area contributed by atoms with Crippen molar-refractivity contribution in [2.45, 2.75) is 19.3 Å². The van der Waals surface area contributed by atoms with E-state index in [1.54, 1.807) is 0 Å². The lowest BCUT2D eigenvalue weighted by atomic mass is 9.85. The second-order valence-corrected chi connectivity index (χ2v) is 11.4. The quantitative estimate of drug-likeness (QED) is 0.218. The molecule has 0 atom stereocenters. The van der Waals surface area contributed by atoms with Gasteiger partial charge in [-0.05, 0) is 34.0 Å². The van der Waals surface area contributed by atoms with E-state index >= 15 is 0 Å². The van der Waals surface area contributed by atoms with Gasteiger partial charge in [0.15, 0.2) is 23.3 Å². The molecule has 0 saturated heterocycles. The molecular weight excluding hydrogens is 526 g/mol. The molecule has 8 rings (SSSR count). The maximum atomic E-state index is 5.12. The van der Waals surface area contributed by atoms with Gasteiger partial charge in [0.05, 0.1) is 5.69 Å². The van der Waals surface area contributed by atoms with Crippen LogP contribution in [0.15, 0.2) is 128 Å². The second kappa shape index (κ2) is 9.78. The lowest BCUT2D eigenvalue weighted by Crippen LogP contribution is -2.17. The summed E-state index contributed by atoms with van der Waals surface area (Å²) in [7, 11) is 0. The second-order valence-electron chi connectivity index (χ2n) is 11.4. The van der Waals surface area contributed by atoms with Gasteiger partial charge in [-0.1, -0.05) is 123 Å². The van der Waals surface area contributed by atoms with Gasteiger partial charge in [0, 0.05) is 39.4 Å². The Hall–Kier alpha value is -5.55. The Bertz CT molecular complexity index is 2100. The maximum absolute atomic E-state index is 5.12. The van der Waals surface area contributed by atoms with Crippen molar-refractivity contribution < 1.29 is 0 Å². The van der Waals surface area contributed by atoms with Crippen molar-refractivity contribution >= 4 is 10.8 Å². The first kappa shape index (κ1) is 25.2. The number of fused-ring (bicyclic) bond motifs is 4. The zero-order chi connectivity index (χ0) is 29.0. The van der Waals surface area contributed by atoms with Crippen LogP contribution in [-0.2, 0) is 5.41 Å². The number of rotatable bonds is 4. The van der Waals surface area contributed by atoms with Crippen LogP contribution in [0.1, 0.15) is 25.1 Å². The molecule has 0 unspecified atom stereocenters. The van der Waals surface area contributed by atoms with E-state index in [4.69, 9.17) is 24.9 Å². The molecule has 0 amide bonds. The normalized spacial score (nSPS) is 13.1. The molecule has 0 N–H and O–H groups in total. The number of aromatic nitrogens is 5. The molecule has 0 fully saturated rings. The van der Waals surface area contributed by atoms with Crippen molar-refractivity contribution in [3.05, 3.63) is 139 Å². The zero-order valence-electron chi connectivity index (χ0n) is 23.9. The molecule has 7 aromatic rings. The molecule has 0 bridgehead atoms. The molecule has 5 nitrogen and oxygen atoms in total. The summed E-state index contributed by atoms with van der Waals surface area (Å²) in [5.74, 6) is 2.65. The van der Waals surface area contributed by atoms with E-state index in [0.717, 1.165) is 50.1 Å². The highest BCUT2D eigenvalue weighted by Gasteiger charge is 2.37. The van der Waals surface area contributed by atoms with Crippen molar-refractivity contribution in [1.29, 1.82) is 0 Å². The first-order valence-corrected chi connectivity index (χ1v) is 14.4. The molecule has 5 heteroatoms. The topological polar surface area (TPSA) is 64.5 Å². The van der Waals surface area contributed by atoms with Crippen molar-refractivity contribution in [3.63, 3.8) is 0 Å². The van der Waals surface area contributed by atoms with Crippen molar-refractivity contribution in [1.82, 2.24) is 24.9 Å². The fourth-order valence-electron chi connectivity index (χ4n) is 6.05. The largest absolute Gasteiger partial charge is 0.236 e. The molecule has 204 valence electrons. The van der Waals surface area contributed by atoms with Gasteiger partial charge in [-0.15, -0.1) is 0 Å². The van der Waals surface area contributed by atoms with Crippen molar-refractivity contribution in [2.24, 2.45) is 0 Å². The molecule has 5 aromatic carbocycles. The lowest BCUT2D eigenvalue weighted by molar-refractivity contribution is 0.636. The van der Waals surface area contributed by atoms with Crippen LogP contribution in [0.2, 0.25) is 0 Å². The molecule has 1 aliphatic carbocycles. The van der Waals surface area contributed by atoms with E-state index in [1.165, 1.54) is 11.1 Å². The van der Waals surface area contributed by atoms with Crippen LogP contribution in [0, 0.1) is 0 Å². The molecule has 0 saturated carbocycles. The first-order valence-electron chi connectivity index (χ1n) is 14.4. The first-order chi connectivity index (χ1) is 21.0. The summed E-state index contributed by atoms with van der Waals surface area (Å²) in [4.78, 5) is 24.6. The fourth-order valence-corrected chi connectivity index (χ4v) is 6.05. The number of nitrogens with zero attached hydrogens (tertiary/aromatic N) is 5. The van der Waals surface area contributed by atoms with Crippen LogP contribution in [0.5, 0.6) is 0 Å². The standard InChI is InChI=1S/C38H27N5/c1-38(2)32-16-10-9-15-30(32)31-23-39-34(40-33(31)38)27-19-17-24-18-20-28(22-29(24)21-27)37-42-35(25-11-5-3-6-12-25)41-36(43-37)26-13-7-4-8-14-26/h3-23H,1-2H3. The lowest BCUT2D eigenvalue weighted by Gasteiger charge is -2.20. The van der Waals surface area contributed by atoms with Crippen molar-refractivity contribution in [2.75, 3.05) is 0 Å². The van der Waals surface area contributed by atoms with E-state index in [2.05, 4.69) is 74.5 Å². The maximum Gasteiger partial charge on any atom is 0.164 e. The third kappa shape index (κ3) is 4.29. The average molecular weight is 554 g/mol. The van der Waals surface area contributed by atoms with Gasteiger partial charge in [-0.3, -0.25) is 0 Å². The smallest absolute Gasteiger partial charge is 0.164 e. The Kier molecular flexibility index (Phi) is 5.73. The highest BCUT2D eigenvalue weighted by Crippen LogP contribution is 2.47. The summed E-state index contributed by atoms with van der Waals surface area (Å²) >= 11 is 0. The van der Waals surface area contributed by atoms with Gasteiger partial charge in [-0.25, -0.2) is 24.9 Å². The Morgan fingerprint density at radius 2 is 0.977 bits per heavy atom. The van der Waals surface area contributed by atoms with Crippen LogP contribution < -0.4 is 0 Å². The zero-order valence-corrected chi connectivity index (χ0v) is 23.9. The predicted molar refractivity (Wildman–Crippen MR) is 172 cm³/mol.